The molecule has 0 fully saturated rings. The van der Waals surface area contributed by atoms with Crippen LogP contribution in [0.4, 0.5) is 13.2 Å². The van der Waals surface area contributed by atoms with Gasteiger partial charge in [0.25, 0.3) is 0 Å². The van der Waals surface area contributed by atoms with E-state index in [0.717, 1.165) is 0 Å². The van der Waals surface area contributed by atoms with E-state index in [4.69, 9.17) is 0 Å². The van der Waals surface area contributed by atoms with Crippen molar-refractivity contribution in [2.45, 2.75) is 13.1 Å². The highest BCUT2D eigenvalue weighted by Crippen LogP contribution is 2.32. The first-order valence-corrected chi connectivity index (χ1v) is 4.93. The Bertz CT molecular complexity index is 643. The molecule has 2 rings (SSSR count). The Hall–Kier alpha value is -2.18. The molecular formula is C11H8F3N3O. The molecule has 0 aromatic carbocycles. The van der Waals surface area contributed by atoms with E-state index in [1.165, 1.54) is 29.8 Å². The van der Waals surface area contributed by atoms with Crippen molar-refractivity contribution in [1.29, 1.82) is 0 Å². The van der Waals surface area contributed by atoms with Crippen molar-refractivity contribution in [3.05, 3.63) is 36.2 Å². The highest BCUT2D eigenvalue weighted by molar-refractivity contribution is 5.98. The minimum absolute atomic E-state index is 0.0341. The number of allylic oxidation sites excluding steroid dienone is 1. The highest BCUT2D eigenvalue weighted by Gasteiger charge is 2.33. The van der Waals surface area contributed by atoms with Crippen molar-refractivity contribution in [1.82, 2.24) is 14.8 Å². The second-order valence-electron chi connectivity index (χ2n) is 3.72. The summed E-state index contributed by atoms with van der Waals surface area (Å²) >= 11 is 0. The van der Waals surface area contributed by atoms with E-state index in [1.807, 2.05) is 0 Å². The van der Waals surface area contributed by atoms with Crippen LogP contribution < -0.4 is 0 Å². The lowest BCUT2D eigenvalue weighted by Gasteiger charge is -2.10. The zero-order valence-corrected chi connectivity index (χ0v) is 9.32. The number of ketones is 1. The number of aromatic nitrogens is 3. The molecule has 0 aliphatic heterocycles. The summed E-state index contributed by atoms with van der Waals surface area (Å²) in [5.41, 5.74) is -0.822. The van der Waals surface area contributed by atoms with Gasteiger partial charge in [-0.15, -0.1) is 5.10 Å². The second kappa shape index (κ2) is 3.94. The largest absolute Gasteiger partial charge is 0.416 e. The number of Topliss-reactive ketones (excluding diaryl/α,β-unsaturated/α-hetero) is 1. The number of alkyl halides is 3. The summed E-state index contributed by atoms with van der Waals surface area (Å²) in [6.45, 7) is 4.27. The van der Waals surface area contributed by atoms with Crippen LogP contribution in [-0.2, 0) is 0 Å². The van der Waals surface area contributed by atoms with Gasteiger partial charge in [-0.3, -0.25) is 4.79 Å². The smallest absolute Gasteiger partial charge is 0.293 e. The molecular weight excluding hydrogens is 247 g/mol. The van der Waals surface area contributed by atoms with Gasteiger partial charge in [0.1, 0.15) is 0 Å². The summed E-state index contributed by atoms with van der Waals surface area (Å²) in [6, 6.07) is 2.42. The predicted molar refractivity (Wildman–Crippen MR) is 58.1 cm³/mol. The zero-order chi connectivity index (χ0) is 13.5. The molecule has 0 aliphatic carbocycles. The van der Waals surface area contributed by atoms with Gasteiger partial charge in [0.2, 0.25) is 0 Å². The fourth-order valence-corrected chi connectivity index (χ4v) is 1.49. The van der Waals surface area contributed by atoms with Crippen molar-refractivity contribution >= 4 is 16.9 Å². The number of rotatable bonds is 2. The molecule has 0 unspecified atom stereocenters. The first-order chi connectivity index (χ1) is 8.30. The Kier molecular flexibility index (Phi) is 2.68. The number of fused-ring (bicyclic) bond motifs is 1. The first-order valence-electron chi connectivity index (χ1n) is 4.93. The molecule has 0 radical (unpaired) electrons. The van der Waals surface area contributed by atoms with Crippen LogP contribution in [0.1, 0.15) is 23.0 Å². The molecule has 0 bridgehead atoms. The molecule has 0 atom stereocenters. The average molecular weight is 255 g/mol. The number of carbonyl (C=O) groups is 1. The SMILES string of the molecule is C=C(c1ccn2nnc(C(C)=O)c2c1)C(F)(F)F. The fraction of sp³-hybridized carbons (Fsp3) is 0.182. The Labute approximate surface area is 99.7 Å². The molecule has 0 N–H and O–H groups in total. The summed E-state index contributed by atoms with van der Waals surface area (Å²) in [5.74, 6) is -0.361. The number of pyridine rings is 1. The van der Waals surface area contributed by atoms with Crippen LogP contribution in [-0.4, -0.2) is 26.8 Å². The second-order valence-corrected chi connectivity index (χ2v) is 3.72. The van der Waals surface area contributed by atoms with Crippen LogP contribution in [0.2, 0.25) is 0 Å². The number of hydrogen-bond donors (Lipinski definition) is 0. The van der Waals surface area contributed by atoms with Crippen molar-refractivity contribution in [2.75, 3.05) is 0 Å². The third kappa shape index (κ3) is 1.99. The molecule has 2 aromatic heterocycles. The molecule has 7 heteroatoms. The molecule has 2 heterocycles. The highest BCUT2D eigenvalue weighted by atomic mass is 19.4. The standard InChI is InChI=1S/C11H8F3N3O/c1-6(11(12,13)14)8-3-4-17-9(5-8)10(7(2)18)15-16-17/h3-5H,1H2,2H3. The zero-order valence-electron chi connectivity index (χ0n) is 9.32. The Morgan fingerprint density at radius 3 is 2.67 bits per heavy atom. The minimum atomic E-state index is -4.51. The predicted octanol–water partition coefficient (Wildman–Crippen LogP) is 2.51. The quantitative estimate of drug-likeness (QED) is 0.774. The van der Waals surface area contributed by atoms with E-state index < -0.39 is 11.7 Å². The van der Waals surface area contributed by atoms with Crippen molar-refractivity contribution in [2.24, 2.45) is 0 Å². The molecule has 18 heavy (non-hydrogen) atoms. The van der Waals surface area contributed by atoms with Crippen LogP contribution in [0.3, 0.4) is 0 Å². The lowest BCUT2D eigenvalue weighted by atomic mass is 10.1. The summed E-state index contributed by atoms with van der Waals surface area (Å²) in [4.78, 5) is 11.2. The molecule has 94 valence electrons. The van der Waals surface area contributed by atoms with Gasteiger partial charge >= 0.3 is 6.18 Å². The van der Waals surface area contributed by atoms with Gasteiger partial charge in [0.05, 0.1) is 11.1 Å². The maximum absolute atomic E-state index is 12.5. The van der Waals surface area contributed by atoms with Crippen LogP contribution in [0.25, 0.3) is 11.1 Å². The third-order valence-electron chi connectivity index (χ3n) is 2.44. The first kappa shape index (κ1) is 12.3. The lowest BCUT2D eigenvalue weighted by Crippen LogP contribution is -2.09. The van der Waals surface area contributed by atoms with E-state index in [9.17, 15) is 18.0 Å². The van der Waals surface area contributed by atoms with Gasteiger partial charge in [0, 0.05) is 13.1 Å². The normalized spacial score (nSPS) is 11.8. The number of carbonyl (C=O) groups excluding carboxylic acids is 1. The number of halogens is 3. The Morgan fingerprint density at radius 2 is 2.11 bits per heavy atom. The number of hydrogen-bond acceptors (Lipinski definition) is 3. The summed E-state index contributed by atoms with van der Waals surface area (Å²) in [5, 5.41) is 7.25. The minimum Gasteiger partial charge on any atom is -0.293 e. The van der Waals surface area contributed by atoms with Gasteiger partial charge in [-0.2, -0.15) is 13.2 Å². The van der Waals surface area contributed by atoms with E-state index >= 15 is 0 Å². The van der Waals surface area contributed by atoms with Crippen molar-refractivity contribution in [3.8, 4) is 0 Å². The topological polar surface area (TPSA) is 47.3 Å². The fourth-order valence-electron chi connectivity index (χ4n) is 1.49. The molecule has 0 saturated carbocycles. The van der Waals surface area contributed by atoms with Gasteiger partial charge in [-0.25, -0.2) is 4.52 Å². The van der Waals surface area contributed by atoms with Crippen molar-refractivity contribution < 1.29 is 18.0 Å². The van der Waals surface area contributed by atoms with Crippen LogP contribution in [0.5, 0.6) is 0 Å². The van der Waals surface area contributed by atoms with E-state index in [0.29, 0.717) is 0 Å². The van der Waals surface area contributed by atoms with Gasteiger partial charge < -0.3 is 0 Å². The molecule has 0 saturated heterocycles. The van der Waals surface area contributed by atoms with E-state index in [1.54, 1.807) is 0 Å². The third-order valence-corrected chi connectivity index (χ3v) is 2.44. The van der Waals surface area contributed by atoms with Gasteiger partial charge in [-0.05, 0) is 17.7 Å². The molecule has 4 nitrogen and oxygen atoms in total. The Morgan fingerprint density at radius 1 is 1.44 bits per heavy atom. The van der Waals surface area contributed by atoms with Crippen LogP contribution in [0, 0.1) is 0 Å². The monoisotopic (exact) mass is 255 g/mol. The van der Waals surface area contributed by atoms with Gasteiger partial charge in [-0.1, -0.05) is 11.8 Å². The van der Waals surface area contributed by atoms with Crippen LogP contribution in [0.15, 0.2) is 24.9 Å². The molecule has 2 aromatic rings. The number of nitrogens with zero attached hydrogens (tertiary/aromatic N) is 3. The summed E-state index contributed by atoms with van der Waals surface area (Å²) < 4.78 is 38.8. The van der Waals surface area contributed by atoms with Gasteiger partial charge in [0.15, 0.2) is 11.5 Å². The summed E-state index contributed by atoms with van der Waals surface area (Å²) in [7, 11) is 0. The van der Waals surface area contributed by atoms with Crippen molar-refractivity contribution in [3.63, 3.8) is 0 Å². The summed E-state index contributed by atoms with van der Waals surface area (Å²) in [6.07, 6.45) is -3.21. The van der Waals surface area contributed by atoms with E-state index in [-0.39, 0.29) is 22.6 Å². The average Bonchev–Trinajstić information content (AvgIpc) is 2.69. The van der Waals surface area contributed by atoms with E-state index in [2.05, 4.69) is 16.9 Å². The molecule has 0 aliphatic rings. The maximum atomic E-state index is 12.5. The Balaban J connectivity index is 2.59. The van der Waals surface area contributed by atoms with Crippen LogP contribution >= 0.6 is 0 Å². The molecule has 0 amide bonds. The molecule has 0 spiro atoms. The lowest BCUT2D eigenvalue weighted by molar-refractivity contribution is -0.0686. The maximum Gasteiger partial charge on any atom is 0.416 e.